The molecule has 0 saturated carbocycles. The van der Waals surface area contributed by atoms with Crippen LogP contribution >= 0.6 is 0 Å². The van der Waals surface area contributed by atoms with Gasteiger partial charge in [0, 0.05) is 18.8 Å². The standard InChI is InChI=1S/C13H17N5/c1-10-8-12(17-18(10)2)16-13(14)15-9-11-6-4-3-5-7-11/h3-8H,9H2,1-2H3,(H3,14,15,16,17). The van der Waals surface area contributed by atoms with Gasteiger partial charge in [0.25, 0.3) is 0 Å². The maximum Gasteiger partial charge on any atom is 0.194 e. The molecule has 1 aromatic carbocycles. The number of aryl methyl sites for hydroxylation is 2. The third kappa shape index (κ3) is 3.10. The molecule has 5 heteroatoms. The maximum absolute atomic E-state index is 5.80. The van der Waals surface area contributed by atoms with Crippen LogP contribution in [0.3, 0.4) is 0 Å². The van der Waals surface area contributed by atoms with Gasteiger partial charge in [-0.3, -0.25) is 4.68 Å². The molecular formula is C13H17N5. The molecule has 0 bridgehead atoms. The number of aromatic nitrogens is 2. The Balaban J connectivity index is 1.97. The first-order chi connectivity index (χ1) is 8.65. The van der Waals surface area contributed by atoms with Crippen LogP contribution in [0.4, 0.5) is 5.82 Å². The fourth-order valence-corrected chi connectivity index (χ4v) is 1.55. The highest BCUT2D eigenvalue weighted by atomic mass is 15.3. The van der Waals surface area contributed by atoms with Crippen LogP contribution in [0.2, 0.25) is 0 Å². The lowest BCUT2D eigenvalue weighted by Gasteiger charge is -2.01. The zero-order valence-corrected chi connectivity index (χ0v) is 10.6. The molecule has 0 saturated heterocycles. The van der Waals surface area contributed by atoms with E-state index in [9.17, 15) is 0 Å². The molecule has 1 aromatic heterocycles. The molecule has 0 atom stereocenters. The average molecular weight is 243 g/mol. The van der Waals surface area contributed by atoms with Gasteiger partial charge in [-0.15, -0.1) is 0 Å². The summed E-state index contributed by atoms with van der Waals surface area (Å²) in [6.07, 6.45) is 0. The van der Waals surface area contributed by atoms with Gasteiger partial charge in [0.1, 0.15) is 0 Å². The van der Waals surface area contributed by atoms with Crippen LogP contribution in [0.5, 0.6) is 0 Å². The van der Waals surface area contributed by atoms with E-state index in [0.717, 1.165) is 11.3 Å². The van der Waals surface area contributed by atoms with Crippen molar-refractivity contribution in [2.75, 3.05) is 5.32 Å². The van der Waals surface area contributed by atoms with E-state index in [2.05, 4.69) is 15.4 Å². The molecular weight excluding hydrogens is 226 g/mol. The molecule has 3 N–H and O–H groups in total. The fourth-order valence-electron chi connectivity index (χ4n) is 1.55. The molecule has 0 aliphatic carbocycles. The van der Waals surface area contributed by atoms with E-state index in [-0.39, 0.29) is 0 Å². The highest BCUT2D eigenvalue weighted by Gasteiger charge is 2.01. The number of hydrogen-bond acceptors (Lipinski definition) is 2. The highest BCUT2D eigenvalue weighted by Crippen LogP contribution is 2.06. The summed E-state index contributed by atoms with van der Waals surface area (Å²) in [6.45, 7) is 2.54. The fraction of sp³-hybridized carbons (Fsp3) is 0.231. The summed E-state index contributed by atoms with van der Waals surface area (Å²) in [5, 5.41) is 7.22. The van der Waals surface area contributed by atoms with Gasteiger partial charge in [-0.25, -0.2) is 4.99 Å². The first-order valence-electron chi connectivity index (χ1n) is 5.76. The van der Waals surface area contributed by atoms with Crippen molar-refractivity contribution in [1.29, 1.82) is 0 Å². The van der Waals surface area contributed by atoms with Crippen molar-refractivity contribution in [2.45, 2.75) is 13.5 Å². The first kappa shape index (κ1) is 12.2. The van der Waals surface area contributed by atoms with Crippen LogP contribution in [-0.4, -0.2) is 15.7 Å². The Morgan fingerprint density at radius 2 is 2.11 bits per heavy atom. The van der Waals surface area contributed by atoms with Crippen molar-refractivity contribution in [3.05, 3.63) is 47.7 Å². The van der Waals surface area contributed by atoms with Gasteiger partial charge in [-0.1, -0.05) is 30.3 Å². The molecule has 2 rings (SSSR count). The van der Waals surface area contributed by atoms with Gasteiger partial charge < -0.3 is 11.1 Å². The second-order valence-corrected chi connectivity index (χ2v) is 4.11. The van der Waals surface area contributed by atoms with Crippen LogP contribution in [-0.2, 0) is 13.6 Å². The van der Waals surface area contributed by atoms with Crippen molar-refractivity contribution in [1.82, 2.24) is 9.78 Å². The van der Waals surface area contributed by atoms with E-state index < -0.39 is 0 Å². The SMILES string of the molecule is Cc1cc(NC(N)=NCc2ccccc2)nn1C. The smallest absolute Gasteiger partial charge is 0.194 e. The van der Waals surface area contributed by atoms with E-state index in [1.165, 1.54) is 0 Å². The molecule has 0 amide bonds. The first-order valence-corrected chi connectivity index (χ1v) is 5.76. The summed E-state index contributed by atoms with van der Waals surface area (Å²) >= 11 is 0. The van der Waals surface area contributed by atoms with E-state index in [4.69, 9.17) is 5.73 Å². The number of guanidine groups is 1. The Bertz CT molecular complexity index is 522. The number of aliphatic imine (C=N–C) groups is 1. The molecule has 94 valence electrons. The number of nitrogens with two attached hydrogens (primary N) is 1. The zero-order chi connectivity index (χ0) is 13.0. The molecule has 0 radical (unpaired) electrons. The Labute approximate surface area is 106 Å². The second-order valence-electron chi connectivity index (χ2n) is 4.11. The van der Waals surface area contributed by atoms with Crippen LogP contribution in [0.1, 0.15) is 11.3 Å². The van der Waals surface area contributed by atoms with Gasteiger partial charge in [0.05, 0.1) is 6.54 Å². The third-order valence-corrected chi connectivity index (χ3v) is 2.64. The molecule has 0 aliphatic rings. The molecule has 0 unspecified atom stereocenters. The van der Waals surface area contributed by atoms with Gasteiger partial charge in [-0.05, 0) is 12.5 Å². The maximum atomic E-state index is 5.80. The Hall–Kier alpha value is -2.30. The topological polar surface area (TPSA) is 68.2 Å². The van der Waals surface area contributed by atoms with Crippen molar-refractivity contribution in [2.24, 2.45) is 17.8 Å². The van der Waals surface area contributed by atoms with Crippen molar-refractivity contribution >= 4 is 11.8 Å². The predicted octanol–water partition coefficient (Wildman–Crippen LogP) is 1.66. The number of rotatable bonds is 3. The van der Waals surface area contributed by atoms with Crippen LogP contribution in [0.15, 0.2) is 41.4 Å². The lowest BCUT2D eigenvalue weighted by atomic mass is 10.2. The quantitative estimate of drug-likeness (QED) is 0.636. The number of benzene rings is 1. The number of nitrogens with one attached hydrogen (secondary N) is 1. The Morgan fingerprint density at radius 3 is 2.72 bits per heavy atom. The van der Waals surface area contributed by atoms with Crippen LogP contribution in [0, 0.1) is 6.92 Å². The van der Waals surface area contributed by atoms with Crippen molar-refractivity contribution < 1.29 is 0 Å². The second kappa shape index (κ2) is 5.35. The van der Waals surface area contributed by atoms with Crippen LogP contribution in [0.25, 0.3) is 0 Å². The minimum absolute atomic E-state index is 0.372. The molecule has 2 aromatic rings. The summed E-state index contributed by atoms with van der Waals surface area (Å²) in [7, 11) is 1.89. The summed E-state index contributed by atoms with van der Waals surface area (Å²) in [5.74, 6) is 1.08. The van der Waals surface area contributed by atoms with E-state index >= 15 is 0 Å². The Kier molecular flexibility index (Phi) is 3.62. The molecule has 0 fully saturated rings. The van der Waals surface area contributed by atoms with E-state index in [1.54, 1.807) is 4.68 Å². The van der Waals surface area contributed by atoms with Crippen molar-refractivity contribution in [3.8, 4) is 0 Å². The number of anilines is 1. The van der Waals surface area contributed by atoms with E-state index in [1.807, 2.05) is 50.4 Å². The molecule has 18 heavy (non-hydrogen) atoms. The van der Waals surface area contributed by atoms with Crippen LogP contribution < -0.4 is 11.1 Å². The predicted molar refractivity (Wildman–Crippen MR) is 73.3 cm³/mol. The third-order valence-electron chi connectivity index (χ3n) is 2.64. The zero-order valence-electron chi connectivity index (χ0n) is 10.6. The lowest BCUT2D eigenvalue weighted by Crippen LogP contribution is -2.23. The van der Waals surface area contributed by atoms with Gasteiger partial charge in [-0.2, -0.15) is 5.10 Å². The summed E-state index contributed by atoms with van der Waals surface area (Å²) in [5.41, 5.74) is 7.99. The summed E-state index contributed by atoms with van der Waals surface area (Å²) in [6, 6.07) is 11.9. The normalized spacial score (nSPS) is 11.6. The molecule has 0 spiro atoms. The molecule has 5 nitrogen and oxygen atoms in total. The average Bonchev–Trinajstić information content (AvgIpc) is 2.67. The van der Waals surface area contributed by atoms with Gasteiger partial charge in [0.15, 0.2) is 11.8 Å². The van der Waals surface area contributed by atoms with Gasteiger partial charge >= 0.3 is 0 Å². The lowest BCUT2D eigenvalue weighted by molar-refractivity contribution is 0.743. The summed E-state index contributed by atoms with van der Waals surface area (Å²) < 4.78 is 1.78. The number of nitrogens with zero attached hydrogens (tertiary/aromatic N) is 3. The Morgan fingerprint density at radius 1 is 1.39 bits per heavy atom. The largest absolute Gasteiger partial charge is 0.370 e. The monoisotopic (exact) mass is 243 g/mol. The minimum atomic E-state index is 0.372. The highest BCUT2D eigenvalue weighted by molar-refractivity contribution is 5.91. The summed E-state index contributed by atoms with van der Waals surface area (Å²) in [4.78, 5) is 4.26. The van der Waals surface area contributed by atoms with E-state index in [0.29, 0.717) is 18.3 Å². The van der Waals surface area contributed by atoms with Crippen molar-refractivity contribution in [3.63, 3.8) is 0 Å². The van der Waals surface area contributed by atoms with Gasteiger partial charge in [0.2, 0.25) is 0 Å². The number of hydrogen-bond donors (Lipinski definition) is 2. The molecule has 1 heterocycles. The molecule has 0 aliphatic heterocycles. The minimum Gasteiger partial charge on any atom is -0.370 e.